The fourth-order valence-electron chi connectivity index (χ4n) is 2.94. The summed E-state index contributed by atoms with van der Waals surface area (Å²) < 4.78 is 5.64. The number of rotatable bonds is 8. The Hall–Kier alpha value is -2.46. The van der Waals surface area contributed by atoms with Crippen molar-refractivity contribution in [3.05, 3.63) is 65.3 Å². The average molecular weight is 371 g/mol. The number of benzene rings is 2. The van der Waals surface area contributed by atoms with Crippen LogP contribution in [0.5, 0.6) is 5.75 Å². The second-order valence-electron chi connectivity index (χ2n) is 6.31. The lowest BCUT2D eigenvalue weighted by Gasteiger charge is -2.17. The van der Waals surface area contributed by atoms with Crippen LogP contribution >= 0.6 is 11.6 Å². The quantitative estimate of drug-likeness (QED) is 0.625. The first kappa shape index (κ1) is 18.3. The normalized spacial score (nSPS) is 10.8. The number of nitrogens with one attached hydrogen (secondary N) is 1. The van der Waals surface area contributed by atoms with Crippen molar-refractivity contribution in [2.75, 3.05) is 20.2 Å². The SMILES string of the molecule is CN(CCOc1ccccc1Cl)C(=O)CCCc1c[nH]c2ccccc12. The summed E-state index contributed by atoms with van der Waals surface area (Å²) in [7, 11) is 1.81. The molecule has 0 saturated heterocycles. The smallest absolute Gasteiger partial charge is 0.222 e. The van der Waals surface area contributed by atoms with E-state index in [-0.39, 0.29) is 5.91 Å². The Bertz CT molecular complexity index is 875. The predicted molar refractivity (Wildman–Crippen MR) is 106 cm³/mol. The number of aryl methyl sites for hydroxylation is 1. The zero-order valence-electron chi connectivity index (χ0n) is 14.9. The van der Waals surface area contributed by atoms with Gasteiger partial charge in [-0.3, -0.25) is 4.79 Å². The Balaban J connectivity index is 1.41. The van der Waals surface area contributed by atoms with Gasteiger partial charge in [0.2, 0.25) is 5.91 Å². The van der Waals surface area contributed by atoms with Crippen LogP contribution in [0, 0.1) is 0 Å². The molecule has 4 nitrogen and oxygen atoms in total. The maximum absolute atomic E-state index is 12.3. The fourth-order valence-corrected chi connectivity index (χ4v) is 3.13. The molecule has 0 radical (unpaired) electrons. The van der Waals surface area contributed by atoms with E-state index in [1.807, 2.05) is 43.6 Å². The summed E-state index contributed by atoms with van der Waals surface area (Å²) in [6.07, 6.45) is 4.29. The molecule has 3 aromatic rings. The van der Waals surface area contributed by atoms with E-state index in [0.717, 1.165) is 18.4 Å². The number of H-pyrrole nitrogens is 1. The number of para-hydroxylation sites is 2. The van der Waals surface area contributed by atoms with Crippen molar-refractivity contribution in [3.63, 3.8) is 0 Å². The first-order chi connectivity index (χ1) is 12.6. The van der Waals surface area contributed by atoms with Crippen LogP contribution in [0.3, 0.4) is 0 Å². The van der Waals surface area contributed by atoms with Gasteiger partial charge in [0.15, 0.2) is 0 Å². The molecule has 136 valence electrons. The van der Waals surface area contributed by atoms with Gasteiger partial charge in [-0.1, -0.05) is 41.9 Å². The summed E-state index contributed by atoms with van der Waals surface area (Å²) in [6.45, 7) is 0.964. The molecule has 0 atom stereocenters. The Morgan fingerprint density at radius 1 is 1.15 bits per heavy atom. The van der Waals surface area contributed by atoms with E-state index in [2.05, 4.69) is 17.1 Å². The van der Waals surface area contributed by atoms with Crippen LogP contribution < -0.4 is 4.74 Å². The van der Waals surface area contributed by atoms with Crippen LogP contribution in [0.4, 0.5) is 0 Å². The van der Waals surface area contributed by atoms with Gasteiger partial charge in [0.05, 0.1) is 11.6 Å². The van der Waals surface area contributed by atoms with Crippen molar-refractivity contribution in [3.8, 4) is 5.75 Å². The van der Waals surface area contributed by atoms with Gasteiger partial charge in [-0.15, -0.1) is 0 Å². The van der Waals surface area contributed by atoms with E-state index in [1.165, 1.54) is 10.9 Å². The molecule has 1 aromatic heterocycles. The number of aromatic amines is 1. The Morgan fingerprint density at radius 3 is 2.77 bits per heavy atom. The van der Waals surface area contributed by atoms with Gasteiger partial charge in [0, 0.05) is 30.6 Å². The van der Waals surface area contributed by atoms with Gasteiger partial charge in [-0.2, -0.15) is 0 Å². The van der Waals surface area contributed by atoms with E-state index in [1.54, 1.807) is 11.0 Å². The Kier molecular flexibility index (Phi) is 6.18. The minimum Gasteiger partial charge on any atom is -0.490 e. The molecular weight excluding hydrogens is 348 g/mol. The van der Waals surface area contributed by atoms with Gasteiger partial charge in [-0.05, 0) is 36.6 Å². The average Bonchev–Trinajstić information content (AvgIpc) is 3.06. The highest BCUT2D eigenvalue weighted by atomic mass is 35.5. The molecule has 0 unspecified atom stereocenters. The minimum absolute atomic E-state index is 0.132. The number of hydrogen-bond donors (Lipinski definition) is 1. The predicted octanol–water partition coefficient (Wildman–Crippen LogP) is 4.68. The third-order valence-electron chi connectivity index (χ3n) is 4.46. The van der Waals surface area contributed by atoms with Crippen LogP contribution in [-0.4, -0.2) is 36.0 Å². The molecule has 0 aliphatic heterocycles. The summed E-state index contributed by atoms with van der Waals surface area (Å²) >= 11 is 6.05. The van der Waals surface area contributed by atoms with Gasteiger partial charge >= 0.3 is 0 Å². The molecule has 1 heterocycles. The van der Waals surface area contributed by atoms with Crippen LogP contribution in [0.1, 0.15) is 18.4 Å². The number of carbonyl (C=O) groups excluding carboxylic acids is 1. The molecule has 0 bridgehead atoms. The number of fused-ring (bicyclic) bond motifs is 1. The number of hydrogen-bond acceptors (Lipinski definition) is 2. The number of amides is 1. The van der Waals surface area contributed by atoms with Crippen molar-refractivity contribution in [1.29, 1.82) is 0 Å². The van der Waals surface area contributed by atoms with E-state index in [9.17, 15) is 4.79 Å². The van der Waals surface area contributed by atoms with Gasteiger partial charge < -0.3 is 14.6 Å². The number of likely N-dealkylation sites (N-methyl/N-ethyl adjacent to an activating group) is 1. The molecule has 0 aliphatic carbocycles. The lowest BCUT2D eigenvalue weighted by molar-refractivity contribution is -0.130. The largest absolute Gasteiger partial charge is 0.490 e. The van der Waals surface area contributed by atoms with Crippen molar-refractivity contribution in [2.24, 2.45) is 0 Å². The van der Waals surface area contributed by atoms with E-state index < -0.39 is 0 Å². The Labute approximate surface area is 158 Å². The summed E-state index contributed by atoms with van der Waals surface area (Å²) in [6, 6.07) is 15.6. The molecular formula is C21H23ClN2O2. The van der Waals surface area contributed by atoms with Gasteiger partial charge in [0.1, 0.15) is 12.4 Å². The molecule has 1 amide bonds. The zero-order chi connectivity index (χ0) is 18.4. The zero-order valence-corrected chi connectivity index (χ0v) is 15.6. The summed E-state index contributed by atoms with van der Waals surface area (Å²) in [4.78, 5) is 17.3. The topological polar surface area (TPSA) is 45.3 Å². The number of nitrogens with zero attached hydrogens (tertiary/aromatic N) is 1. The lowest BCUT2D eigenvalue weighted by atomic mass is 10.1. The molecule has 0 spiro atoms. The Morgan fingerprint density at radius 2 is 1.92 bits per heavy atom. The van der Waals surface area contributed by atoms with Gasteiger partial charge in [0.25, 0.3) is 0 Å². The van der Waals surface area contributed by atoms with Crippen molar-refractivity contribution < 1.29 is 9.53 Å². The maximum atomic E-state index is 12.3. The number of carbonyl (C=O) groups is 1. The van der Waals surface area contributed by atoms with E-state index >= 15 is 0 Å². The van der Waals surface area contributed by atoms with Crippen molar-refractivity contribution >= 4 is 28.4 Å². The van der Waals surface area contributed by atoms with Crippen LogP contribution in [0.25, 0.3) is 10.9 Å². The maximum Gasteiger partial charge on any atom is 0.222 e. The molecule has 0 saturated carbocycles. The molecule has 2 aromatic carbocycles. The fraction of sp³-hybridized carbons (Fsp3) is 0.286. The van der Waals surface area contributed by atoms with Crippen molar-refractivity contribution in [1.82, 2.24) is 9.88 Å². The third kappa shape index (κ3) is 4.58. The standard InChI is InChI=1S/C21H23ClN2O2/c1-24(13-14-26-20-11-5-3-9-18(20)22)21(25)12-6-7-16-15-23-19-10-4-2-8-17(16)19/h2-5,8-11,15,23H,6-7,12-14H2,1H3. The molecule has 3 rings (SSSR count). The highest BCUT2D eigenvalue weighted by Crippen LogP contribution is 2.23. The number of ether oxygens (including phenoxy) is 1. The molecule has 26 heavy (non-hydrogen) atoms. The second kappa shape index (κ2) is 8.77. The summed E-state index contributed by atoms with van der Waals surface area (Å²) in [5.41, 5.74) is 2.40. The molecule has 5 heteroatoms. The third-order valence-corrected chi connectivity index (χ3v) is 4.77. The summed E-state index contributed by atoms with van der Waals surface area (Å²) in [5.74, 6) is 0.780. The molecule has 0 fully saturated rings. The van der Waals surface area contributed by atoms with Crippen LogP contribution in [0.15, 0.2) is 54.7 Å². The monoisotopic (exact) mass is 370 g/mol. The van der Waals surface area contributed by atoms with Crippen LogP contribution in [-0.2, 0) is 11.2 Å². The highest BCUT2D eigenvalue weighted by molar-refractivity contribution is 6.32. The second-order valence-corrected chi connectivity index (χ2v) is 6.71. The lowest BCUT2D eigenvalue weighted by Crippen LogP contribution is -2.30. The van der Waals surface area contributed by atoms with Crippen molar-refractivity contribution in [2.45, 2.75) is 19.3 Å². The number of aromatic nitrogens is 1. The first-order valence-corrected chi connectivity index (χ1v) is 9.19. The molecule has 0 aliphatic rings. The van der Waals surface area contributed by atoms with E-state index in [0.29, 0.717) is 30.3 Å². The minimum atomic E-state index is 0.132. The first-order valence-electron chi connectivity index (χ1n) is 8.81. The molecule has 1 N–H and O–H groups in total. The van der Waals surface area contributed by atoms with E-state index in [4.69, 9.17) is 16.3 Å². The summed E-state index contributed by atoms with van der Waals surface area (Å²) in [5, 5.41) is 1.82. The van der Waals surface area contributed by atoms with Gasteiger partial charge in [-0.25, -0.2) is 0 Å². The number of halogens is 1. The highest BCUT2D eigenvalue weighted by Gasteiger charge is 2.10. The van der Waals surface area contributed by atoms with Crippen LogP contribution in [0.2, 0.25) is 5.02 Å².